The lowest BCUT2D eigenvalue weighted by atomic mass is 10.3. The normalized spacial score (nSPS) is 10.6. The number of rotatable bonds is 10. The number of aryl methyl sites for hydroxylation is 1. The summed E-state index contributed by atoms with van der Waals surface area (Å²) in [7, 11) is 5.75. The van der Waals surface area contributed by atoms with Crippen molar-refractivity contribution in [2.45, 2.75) is 26.2 Å². The van der Waals surface area contributed by atoms with Crippen molar-refractivity contribution in [3.05, 3.63) is 18.0 Å². The quantitative estimate of drug-likeness (QED) is 0.537. The smallest absolute Gasteiger partial charge is 0.267 e. The lowest BCUT2D eigenvalue weighted by Crippen LogP contribution is -2.28. The summed E-state index contributed by atoms with van der Waals surface area (Å²) >= 11 is 0. The average molecular weight is 351 g/mol. The van der Waals surface area contributed by atoms with E-state index in [1.54, 1.807) is 23.9 Å². The fourth-order valence-electron chi connectivity index (χ4n) is 2.28. The van der Waals surface area contributed by atoms with Gasteiger partial charge in [-0.2, -0.15) is 0 Å². The number of hydrogen-bond acceptors (Lipinski definition) is 4. The Morgan fingerprint density at radius 2 is 1.80 bits per heavy atom. The molecule has 8 heteroatoms. The number of carbonyl (C=O) groups excluding carboxylic acids is 3. The molecule has 1 aromatic heterocycles. The molecule has 1 rings (SSSR count). The highest BCUT2D eigenvalue weighted by atomic mass is 16.2. The summed E-state index contributed by atoms with van der Waals surface area (Å²) in [6.07, 6.45) is 3.46. The van der Waals surface area contributed by atoms with E-state index >= 15 is 0 Å². The molecule has 0 bridgehead atoms. The third-order valence-corrected chi connectivity index (χ3v) is 3.54. The number of nitrogens with zero attached hydrogens (tertiary/aromatic N) is 2. The second-order valence-corrected chi connectivity index (χ2v) is 6.27. The Kier molecular flexibility index (Phi) is 8.69. The van der Waals surface area contributed by atoms with E-state index in [1.807, 2.05) is 14.1 Å². The molecule has 0 unspecified atom stereocenters. The first kappa shape index (κ1) is 20.7. The first-order valence-electron chi connectivity index (χ1n) is 8.43. The number of aromatic nitrogens is 1. The Bertz CT molecular complexity index is 595. The predicted molar refractivity (Wildman–Crippen MR) is 97.5 cm³/mol. The molecular formula is C17H29N5O3. The molecular weight excluding hydrogens is 322 g/mol. The average Bonchev–Trinajstić information content (AvgIpc) is 2.88. The topological polar surface area (TPSA) is 95.5 Å². The highest BCUT2D eigenvalue weighted by molar-refractivity contribution is 5.96. The molecule has 0 aliphatic heterocycles. The molecule has 0 saturated carbocycles. The van der Waals surface area contributed by atoms with Gasteiger partial charge in [0, 0.05) is 39.7 Å². The number of amides is 3. The van der Waals surface area contributed by atoms with Gasteiger partial charge in [0.2, 0.25) is 11.8 Å². The Hall–Kier alpha value is -2.35. The van der Waals surface area contributed by atoms with E-state index in [-0.39, 0.29) is 17.7 Å². The van der Waals surface area contributed by atoms with Crippen LogP contribution in [0.3, 0.4) is 0 Å². The number of hydrogen-bond donors (Lipinski definition) is 3. The van der Waals surface area contributed by atoms with Crippen LogP contribution in [-0.2, 0) is 16.6 Å². The van der Waals surface area contributed by atoms with Gasteiger partial charge in [-0.1, -0.05) is 0 Å². The zero-order chi connectivity index (χ0) is 18.8. The van der Waals surface area contributed by atoms with Crippen molar-refractivity contribution < 1.29 is 14.4 Å². The third kappa shape index (κ3) is 8.35. The third-order valence-electron chi connectivity index (χ3n) is 3.54. The molecule has 0 saturated heterocycles. The van der Waals surface area contributed by atoms with Crippen LogP contribution in [0.1, 0.15) is 36.7 Å². The number of nitrogens with one attached hydrogen (secondary N) is 3. The van der Waals surface area contributed by atoms with Crippen LogP contribution in [0, 0.1) is 0 Å². The van der Waals surface area contributed by atoms with Gasteiger partial charge in [0.1, 0.15) is 5.69 Å². The van der Waals surface area contributed by atoms with E-state index in [1.165, 1.54) is 6.92 Å². The van der Waals surface area contributed by atoms with E-state index in [0.29, 0.717) is 37.3 Å². The van der Waals surface area contributed by atoms with Gasteiger partial charge in [-0.25, -0.2) is 0 Å². The van der Waals surface area contributed by atoms with Crippen molar-refractivity contribution >= 4 is 23.4 Å². The first-order chi connectivity index (χ1) is 11.8. The van der Waals surface area contributed by atoms with Crippen molar-refractivity contribution in [2.24, 2.45) is 7.05 Å². The molecule has 0 fully saturated rings. The zero-order valence-corrected chi connectivity index (χ0v) is 15.5. The molecule has 1 aromatic rings. The summed E-state index contributed by atoms with van der Waals surface area (Å²) in [6, 6.07) is 1.66. The predicted octanol–water partition coefficient (Wildman–Crippen LogP) is 0.561. The second-order valence-electron chi connectivity index (χ2n) is 6.27. The van der Waals surface area contributed by atoms with Gasteiger partial charge in [-0.05, 0) is 39.5 Å². The fourth-order valence-corrected chi connectivity index (χ4v) is 2.28. The van der Waals surface area contributed by atoms with Crippen molar-refractivity contribution in [1.82, 2.24) is 20.1 Å². The van der Waals surface area contributed by atoms with Crippen LogP contribution in [0.5, 0.6) is 0 Å². The lowest BCUT2D eigenvalue weighted by Gasteiger charge is -2.10. The Labute approximate surface area is 148 Å². The molecule has 3 amide bonds. The van der Waals surface area contributed by atoms with Crippen molar-refractivity contribution in [2.75, 3.05) is 39.0 Å². The van der Waals surface area contributed by atoms with Crippen molar-refractivity contribution in [3.63, 3.8) is 0 Å². The molecule has 8 nitrogen and oxygen atoms in total. The largest absolute Gasteiger partial charge is 0.356 e. The van der Waals surface area contributed by atoms with Crippen LogP contribution >= 0.6 is 0 Å². The molecule has 0 aliphatic rings. The molecule has 1 heterocycles. The van der Waals surface area contributed by atoms with E-state index < -0.39 is 0 Å². The Morgan fingerprint density at radius 1 is 1.12 bits per heavy atom. The Morgan fingerprint density at radius 3 is 2.44 bits per heavy atom. The standard InChI is InChI=1S/C17H29N5O3/c1-13(23)18-8-5-7-16(24)20-14-11-15(22(4)12-14)17(25)19-9-6-10-21(2)3/h11-12H,5-10H2,1-4H3,(H,18,23)(H,19,25)(H,20,24). The summed E-state index contributed by atoms with van der Waals surface area (Å²) in [5, 5.41) is 8.29. The van der Waals surface area contributed by atoms with Crippen LogP contribution in [0.2, 0.25) is 0 Å². The maximum Gasteiger partial charge on any atom is 0.267 e. The van der Waals surface area contributed by atoms with Crippen LogP contribution in [0.4, 0.5) is 5.69 Å². The summed E-state index contributed by atoms with van der Waals surface area (Å²) in [5.74, 6) is -0.411. The van der Waals surface area contributed by atoms with E-state index in [0.717, 1.165) is 13.0 Å². The molecule has 0 aromatic carbocycles. The highest BCUT2D eigenvalue weighted by Crippen LogP contribution is 2.13. The minimum Gasteiger partial charge on any atom is -0.356 e. The minimum atomic E-state index is -0.160. The van der Waals surface area contributed by atoms with Gasteiger partial charge in [0.05, 0.1) is 5.69 Å². The van der Waals surface area contributed by atoms with Crippen LogP contribution in [0.25, 0.3) is 0 Å². The van der Waals surface area contributed by atoms with Gasteiger partial charge < -0.3 is 25.4 Å². The fraction of sp³-hybridized carbons (Fsp3) is 0.588. The van der Waals surface area contributed by atoms with E-state index in [9.17, 15) is 14.4 Å². The molecule has 3 N–H and O–H groups in total. The van der Waals surface area contributed by atoms with Crippen molar-refractivity contribution in [3.8, 4) is 0 Å². The van der Waals surface area contributed by atoms with Crippen LogP contribution in [0.15, 0.2) is 12.3 Å². The highest BCUT2D eigenvalue weighted by Gasteiger charge is 2.12. The monoisotopic (exact) mass is 351 g/mol. The van der Waals surface area contributed by atoms with Gasteiger partial charge in [-0.15, -0.1) is 0 Å². The molecule has 0 aliphatic carbocycles. The summed E-state index contributed by atoms with van der Waals surface area (Å²) < 4.78 is 1.69. The van der Waals surface area contributed by atoms with Crippen LogP contribution in [-0.4, -0.2) is 60.9 Å². The van der Waals surface area contributed by atoms with Crippen molar-refractivity contribution in [1.29, 1.82) is 0 Å². The van der Waals surface area contributed by atoms with E-state index in [4.69, 9.17) is 0 Å². The molecule has 25 heavy (non-hydrogen) atoms. The summed E-state index contributed by atoms with van der Waals surface area (Å²) in [5.41, 5.74) is 1.09. The van der Waals surface area contributed by atoms with Gasteiger partial charge in [-0.3, -0.25) is 14.4 Å². The lowest BCUT2D eigenvalue weighted by molar-refractivity contribution is -0.119. The van der Waals surface area contributed by atoms with Gasteiger partial charge in [0.25, 0.3) is 5.91 Å². The van der Waals surface area contributed by atoms with Gasteiger partial charge >= 0.3 is 0 Å². The van der Waals surface area contributed by atoms with E-state index in [2.05, 4.69) is 20.9 Å². The first-order valence-corrected chi connectivity index (χ1v) is 8.43. The maximum atomic E-state index is 12.2. The van der Waals surface area contributed by atoms with Gasteiger partial charge in [0.15, 0.2) is 0 Å². The number of carbonyl (C=O) groups is 3. The maximum absolute atomic E-state index is 12.2. The SMILES string of the molecule is CC(=O)NCCCC(=O)Nc1cc(C(=O)NCCCN(C)C)n(C)c1. The number of anilines is 1. The van der Waals surface area contributed by atoms with Crippen LogP contribution < -0.4 is 16.0 Å². The molecule has 0 atom stereocenters. The summed E-state index contributed by atoms with van der Waals surface area (Å²) in [4.78, 5) is 36.9. The zero-order valence-electron chi connectivity index (χ0n) is 15.5. The molecule has 0 spiro atoms. The Balaban J connectivity index is 2.42. The molecule has 140 valence electrons. The second kappa shape index (κ2) is 10.5. The molecule has 0 radical (unpaired) electrons. The minimum absolute atomic E-state index is 0.107. The summed E-state index contributed by atoms with van der Waals surface area (Å²) in [6.45, 7) is 3.43.